The Kier molecular flexibility index (Phi) is 3.49. The molecule has 1 aromatic heterocycles. The fraction of sp³-hybridized carbons (Fsp3) is 0.400. The predicted molar refractivity (Wildman–Crippen MR) is 39.5 cm³/mol. The van der Waals surface area contributed by atoms with Crippen molar-refractivity contribution in [3.05, 3.63) is 17.5 Å². The van der Waals surface area contributed by atoms with Gasteiger partial charge >= 0.3 is 0 Å². The molecule has 9 heavy (non-hydrogen) atoms. The molecule has 0 aromatic carbocycles. The minimum absolute atomic E-state index is 0. The Balaban J connectivity index is 0.000000640. The number of rotatable bonds is 1. The summed E-state index contributed by atoms with van der Waals surface area (Å²) in [5.74, 6) is 0.811. The Labute approximate surface area is 64.0 Å². The van der Waals surface area contributed by atoms with Crippen molar-refractivity contribution >= 4 is 17.0 Å². The van der Waals surface area contributed by atoms with Crippen molar-refractivity contribution in [1.29, 1.82) is 0 Å². The third-order valence-corrected chi connectivity index (χ3v) is 0.886. The van der Waals surface area contributed by atoms with E-state index >= 15 is 0 Å². The van der Waals surface area contributed by atoms with Crippen molar-refractivity contribution in [3.63, 3.8) is 0 Å². The zero-order valence-electron chi connectivity index (χ0n) is 5.13. The zero-order chi connectivity index (χ0) is 5.98. The Morgan fingerprint density at radius 2 is 2.44 bits per heavy atom. The van der Waals surface area contributed by atoms with Crippen LogP contribution in [0.2, 0.25) is 0 Å². The molecule has 1 heterocycles. The molecule has 0 aliphatic heterocycles. The van der Waals surface area contributed by atoms with E-state index in [0.29, 0.717) is 6.54 Å². The first-order valence-electron chi connectivity index (χ1n) is 2.45. The lowest BCUT2D eigenvalue weighted by Gasteiger charge is -1.76. The summed E-state index contributed by atoms with van der Waals surface area (Å²) in [6, 6.07) is 1.82. The van der Waals surface area contributed by atoms with Gasteiger partial charge in [0.15, 0.2) is 0 Å². The summed E-state index contributed by atoms with van der Waals surface area (Å²) in [4.78, 5) is 0. The molecule has 0 radical (unpaired) electrons. The van der Waals surface area contributed by atoms with Crippen molar-refractivity contribution < 1.29 is 4.52 Å². The van der Waals surface area contributed by atoms with Crippen LogP contribution in [0.1, 0.15) is 11.5 Å². The monoisotopic (exact) mass is 192 g/mol. The van der Waals surface area contributed by atoms with Gasteiger partial charge in [-0.3, -0.25) is 0 Å². The highest BCUT2D eigenvalue weighted by Gasteiger charge is 1.93. The number of nitrogens with zero attached hydrogens (tertiary/aromatic N) is 1. The second-order valence-electron chi connectivity index (χ2n) is 1.63. The maximum absolute atomic E-state index is 5.24. The number of hydrogen-bond donors (Lipinski definition) is 1. The van der Waals surface area contributed by atoms with Crippen LogP contribution in [0.3, 0.4) is 0 Å². The molecule has 1 aromatic rings. The van der Waals surface area contributed by atoms with Crippen molar-refractivity contribution in [2.75, 3.05) is 0 Å². The van der Waals surface area contributed by atoms with Gasteiger partial charge in [-0.05, 0) is 6.92 Å². The number of hydrogen-bond acceptors (Lipinski definition) is 3. The molecule has 3 nitrogen and oxygen atoms in total. The molecule has 0 bridgehead atoms. The maximum Gasteiger partial charge on any atom is 0.133 e. The number of aromatic nitrogens is 1. The van der Waals surface area contributed by atoms with E-state index in [1.807, 2.05) is 13.0 Å². The molecule has 0 unspecified atom stereocenters. The van der Waals surface area contributed by atoms with Gasteiger partial charge in [0.25, 0.3) is 0 Å². The highest BCUT2D eigenvalue weighted by molar-refractivity contribution is 8.93. The van der Waals surface area contributed by atoms with Crippen LogP contribution in [-0.2, 0) is 6.54 Å². The van der Waals surface area contributed by atoms with Crippen molar-refractivity contribution in [3.8, 4) is 0 Å². The van der Waals surface area contributed by atoms with E-state index in [4.69, 9.17) is 10.3 Å². The Bertz CT molecular complexity index is 175. The summed E-state index contributed by atoms with van der Waals surface area (Å²) in [6.45, 7) is 2.30. The summed E-state index contributed by atoms with van der Waals surface area (Å²) in [5.41, 5.74) is 6.05. The van der Waals surface area contributed by atoms with Crippen LogP contribution in [0.15, 0.2) is 10.6 Å². The molecule has 1 rings (SSSR count). The Morgan fingerprint density at radius 3 is 2.67 bits per heavy atom. The number of nitrogens with two attached hydrogens (primary N) is 1. The van der Waals surface area contributed by atoms with Gasteiger partial charge in [-0.1, -0.05) is 5.16 Å². The summed E-state index contributed by atoms with van der Waals surface area (Å²) < 4.78 is 4.73. The quantitative estimate of drug-likeness (QED) is 0.724. The summed E-state index contributed by atoms with van der Waals surface area (Å²) in [5, 5.41) is 3.63. The van der Waals surface area contributed by atoms with Crippen molar-refractivity contribution in [2.24, 2.45) is 5.73 Å². The van der Waals surface area contributed by atoms with Gasteiger partial charge in [0, 0.05) is 12.6 Å². The van der Waals surface area contributed by atoms with Gasteiger partial charge < -0.3 is 10.3 Å². The van der Waals surface area contributed by atoms with E-state index in [9.17, 15) is 0 Å². The first kappa shape index (κ1) is 8.65. The molecule has 0 saturated carbocycles. The molecule has 0 amide bonds. The zero-order valence-corrected chi connectivity index (χ0v) is 6.84. The molecular weight excluding hydrogens is 184 g/mol. The lowest BCUT2D eigenvalue weighted by molar-refractivity contribution is 0.391. The molecule has 4 heteroatoms. The third-order valence-electron chi connectivity index (χ3n) is 0.886. The molecule has 0 aliphatic carbocycles. The molecule has 52 valence electrons. The van der Waals surface area contributed by atoms with Crippen LogP contribution in [0.25, 0.3) is 0 Å². The standard InChI is InChI=1S/C5H8N2O.BrH/c1-4-2-5(3-6)7-8-4;/h2H,3,6H2,1H3;1H. The van der Waals surface area contributed by atoms with Crippen LogP contribution in [0.4, 0.5) is 0 Å². The molecular formula is C5H9BrN2O. The summed E-state index contributed by atoms with van der Waals surface area (Å²) in [6.07, 6.45) is 0. The van der Waals surface area contributed by atoms with Gasteiger partial charge in [-0.2, -0.15) is 0 Å². The summed E-state index contributed by atoms with van der Waals surface area (Å²) in [7, 11) is 0. The molecule has 0 atom stereocenters. The van der Waals surface area contributed by atoms with Crippen LogP contribution in [-0.4, -0.2) is 5.16 Å². The van der Waals surface area contributed by atoms with Gasteiger partial charge in [0.05, 0.1) is 5.69 Å². The average molecular weight is 193 g/mol. The molecule has 0 fully saturated rings. The average Bonchev–Trinajstić information content (AvgIpc) is 2.14. The van der Waals surface area contributed by atoms with Crippen LogP contribution >= 0.6 is 17.0 Å². The largest absolute Gasteiger partial charge is 0.361 e. The fourth-order valence-corrected chi connectivity index (χ4v) is 0.514. The lowest BCUT2D eigenvalue weighted by atomic mass is 10.4. The van der Waals surface area contributed by atoms with Crippen LogP contribution < -0.4 is 5.73 Å². The predicted octanol–water partition coefficient (Wildman–Crippen LogP) is 1.02. The van der Waals surface area contributed by atoms with Gasteiger partial charge in [-0.25, -0.2) is 0 Å². The van der Waals surface area contributed by atoms with E-state index in [2.05, 4.69) is 5.16 Å². The van der Waals surface area contributed by atoms with Crippen LogP contribution in [0, 0.1) is 6.92 Å². The SMILES string of the molecule is Br.Cc1cc(CN)no1. The van der Waals surface area contributed by atoms with E-state index in [0.717, 1.165) is 11.5 Å². The molecule has 0 aliphatic rings. The summed E-state index contributed by atoms with van der Waals surface area (Å²) >= 11 is 0. The van der Waals surface area contributed by atoms with E-state index < -0.39 is 0 Å². The highest BCUT2D eigenvalue weighted by Crippen LogP contribution is 1.98. The highest BCUT2D eigenvalue weighted by atomic mass is 79.9. The van der Waals surface area contributed by atoms with E-state index in [1.165, 1.54) is 0 Å². The Morgan fingerprint density at radius 1 is 1.78 bits per heavy atom. The number of aryl methyl sites for hydroxylation is 1. The smallest absolute Gasteiger partial charge is 0.133 e. The van der Waals surface area contributed by atoms with E-state index in [-0.39, 0.29) is 17.0 Å². The second kappa shape index (κ2) is 3.63. The second-order valence-corrected chi connectivity index (χ2v) is 1.63. The van der Waals surface area contributed by atoms with Gasteiger partial charge in [0.1, 0.15) is 5.76 Å². The molecule has 0 spiro atoms. The Hall–Kier alpha value is -0.350. The van der Waals surface area contributed by atoms with E-state index in [1.54, 1.807) is 0 Å². The van der Waals surface area contributed by atoms with Crippen molar-refractivity contribution in [2.45, 2.75) is 13.5 Å². The van der Waals surface area contributed by atoms with Gasteiger partial charge in [0.2, 0.25) is 0 Å². The van der Waals surface area contributed by atoms with Crippen LogP contribution in [0.5, 0.6) is 0 Å². The van der Waals surface area contributed by atoms with Crippen molar-refractivity contribution in [1.82, 2.24) is 5.16 Å². The third kappa shape index (κ3) is 2.15. The van der Waals surface area contributed by atoms with Gasteiger partial charge in [-0.15, -0.1) is 17.0 Å². The number of halogens is 1. The fourth-order valence-electron chi connectivity index (χ4n) is 0.514. The first-order valence-corrected chi connectivity index (χ1v) is 2.45. The minimum Gasteiger partial charge on any atom is -0.361 e. The lowest BCUT2D eigenvalue weighted by Crippen LogP contribution is -1.94. The molecule has 0 saturated heterocycles. The first-order chi connectivity index (χ1) is 3.83. The minimum atomic E-state index is 0. The normalized spacial score (nSPS) is 8.67. The topological polar surface area (TPSA) is 52.0 Å². The molecule has 2 N–H and O–H groups in total. The maximum atomic E-state index is 5.24.